The van der Waals surface area contributed by atoms with Crippen molar-refractivity contribution >= 4 is 29.2 Å². The Labute approximate surface area is 169 Å². The minimum Gasteiger partial charge on any atom is -0.344 e. The van der Waals surface area contributed by atoms with Crippen molar-refractivity contribution in [3.8, 4) is 0 Å². The molecule has 2 heterocycles. The first-order valence-corrected chi connectivity index (χ1v) is 9.83. The second-order valence-corrected chi connectivity index (χ2v) is 7.56. The molecular weight excluding hydrogens is 368 g/mol. The molecule has 1 atom stereocenters. The maximum Gasteiger partial charge on any atom is 0.323 e. The first-order valence-electron chi connectivity index (χ1n) is 9.83. The van der Waals surface area contributed by atoms with E-state index in [2.05, 4.69) is 16.0 Å². The van der Waals surface area contributed by atoms with E-state index in [0.717, 1.165) is 28.1 Å². The summed E-state index contributed by atoms with van der Waals surface area (Å²) in [5.74, 6) is -0.0937. The molecule has 4 amide bonds. The average Bonchev–Trinajstić information content (AvgIpc) is 3.15. The number of nitrogens with zero attached hydrogens (tertiary/aromatic N) is 1. The van der Waals surface area contributed by atoms with Crippen molar-refractivity contribution in [3.63, 3.8) is 0 Å². The molecule has 0 unspecified atom stereocenters. The van der Waals surface area contributed by atoms with Crippen molar-refractivity contribution in [2.24, 2.45) is 0 Å². The SMILES string of the molecule is Cc1ccc(NC(=O)Nc2cccc3c2CCN(C(=O)[C@H]2CCC(=O)N2)C3)cc1. The first kappa shape index (κ1) is 19.0. The molecule has 0 aliphatic carbocycles. The summed E-state index contributed by atoms with van der Waals surface area (Å²) in [5, 5.41) is 8.51. The third kappa shape index (κ3) is 4.23. The van der Waals surface area contributed by atoms with Gasteiger partial charge in [0.15, 0.2) is 0 Å². The van der Waals surface area contributed by atoms with Gasteiger partial charge < -0.3 is 20.9 Å². The number of hydrogen-bond donors (Lipinski definition) is 3. The lowest BCUT2D eigenvalue weighted by Gasteiger charge is -2.31. The van der Waals surface area contributed by atoms with Crippen LogP contribution < -0.4 is 16.0 Å². The fourth-order valence-electron chi connectivity index (χ4n) is 3.86. The molecule has 4 rings (SSSR count). The number of carbonyl (C=O) groups is 3. The lowest BCUT2D eigenvalue weighted by atomic mass is 9.97. The van der Waals surface area contributed by atoms with E-state index in [0.29, 0.717) is 32.4 Å². The van der Waals surface area contributed by atoms with Gasteiger partial charge >= 0.3 is 6.03 Å². The van der Waals surface area contributed by atoms with Gasteiger partial charge in [0, 0.05) is 30.9 Å². The molecule has 0 saturated carbocycles. The number of benzene rings is 2. The van der Waals surface area contributed by atoms with E-state index >= 15 is 0 Å². The zero-order valence-corrected chi connectivity index (χ0v) is 16.3. The maximum absolute atomic E-state index is 12.7. The van der Waals surface area contributed by atoms with Gasteiger partial charge in [-0.3, -0.25) is 9.59 Å². The van der Waals surface area contributed by atoms with Crippen LogP contribution in [0.5, 0.6) is 0 Å². The number of fused-ring (bicyclic) bond motifs is 1. The van der Waals surface area contributed by atoms with Gasteiger partial charge in [-0.1, -0.05) is 29.8 Å². The van der Waals surface area contributed by atoms with Crippen molar-refractivity contribution in [2.45, 2.75) is 38.8 Å². The molecule has 0 bridgehead atoms. The summed E-state index contributed by atoms with van der Waals surface area (Å²) in [6, 6.07) is 12.6. The van der Waals surface area contributed by atoms with Crippen LogP contribution in [0.4, 0.5) is 16.2 Å². The van der Waals surface area contributed by atoms with Crippen LogP contribution in [0, 0.1) is 6.92 Å². The summed E-state index contributed by atoms with van der Waals surface area (Å²) < 4.78 is 0. The number of amides is 4. The van der Waals surface area contributed by atoms with E-state index in [-0.39, 0.29) is 17.8 Å². The lowest BCUT2D eigenvalue weighted by molar-refractivity contribution is -0.135. The molecule has 2 aliphatic heterocycles. The summed E-state index contributed by atoms with van der Waals surface area (Å²) in [7, 11) is 0. The van der Waals surface area contributed by atoms with Crippen molar-refractivity contribution in [2.75, 3.05) is 17.2 Å². The Hall–Kier alpha value is -3.35. The van der Waals surface area contributed by atoms with Crippen LogP contribution in [-0.4, -0.2) is 35.3 Å². The van der Waals surface area contributed by atoms with Gasteiger partial charge in [-0.2, -0.15) is 0 Å². The normalized spacial score (nSPS) is 18.0. The highest BCUT2D eigenvalue weighted by Crippen LogP contribution is 2.27. The topological polar surface area (TPSA) is 90.5 Å². The lowest BCUT2D eigenvalue weighted by Crippen LogP contribution is -2.46. The number of urea groups is 1. The van der Waals surface area contributed by atoms with E-state index in [1.165, 1.54) is 0 Å². The Kier molecular flexibility index (Phi) is 5.20. The molecule has 1 fully saturated rings. The number of aryl methyl sites for hydroxylation is 1. The van der Waals surface area contributed by atoms with Crippen LogP contribution in [-0.2, 0) is 22.6 Å². The molecule has 7 heteroatoms. The Morgan fingerprint density at radius 1 is 1.07 bits per heavy atom. The molecule has 7 nitrogen and oxygen atoms in total. The van der Waals surface area contributed by atoms with Gasteiger partial charge in [0.05, 0.1) is 0 Å². The fraction of sp³-hybridized carbons (Fsp3) is 0.318. The summed E-state index contributed by atoms with van der Waals surface area (Å²) in [6.07, 6.45) is 1.62. The Bertz CT molecular complexity index is 955. The van der Waals surface area contributed by atoms with Gasteiger partial charge in [0.1, 0.15) is 6.04 Å². The largest absolute Gasteiger partial charge is 0.344 e. The van der Waals surface area contributed by atoms with Crippen LogP contribution in [0.1, 0.15) is 29.5 Å². The van der Waals surface area contributed by atoms with Crippen molar-refractivity contribution in [3.05, 3.63) is 59.2 Å². The smallest absolute Gasteiger partial charge is 0.323 e. The van der Waals surface area contributed by atoms with E-state index in [1.807, 2.05) is 49.4 Å². The minimum atomic E-state index is -0.411. The Morgan fingerprint density at radius 2 is 1.86 bits per heavy atom. The predicted molar refractivity (Wildman–Crippen MR) is 111 cm³/mol. The number of anilines is 2. The number of nitrogens with one attached hydrogen (secondary N) is 3. The van der Waals surface area contributed by atoms with Crippen LogP contribution in [0.3, 0.4) is 0 Å². The third-order valence-electron chi connectivity index (χ3n) is 5.43. The van der Waals surface area contributed by atoms with Gasteiger partial charge in [0.2, 0.25) is 11.8 Å². The molecule has 150 valence electrons. The molecule has 2 aliphatic rings. The quantitative estimate of drug-likeness (QED) is 0.750. The fourth-order valence-corrected chi connectivity index (χ4v) is 3.86. The zero-order valence-electron chi connectivity index (χ0n) is 16.3. The van der Waals surface area contributed by atoms with Crippen LogP contribution in [0.15, 0.2) is 42.5 Å². The summed E-state index contributed by atoms with van der Waals surface area (Å²) in [5.41, 5.74) is 4.68. The molecule has 29 heavy (non-hydrogen) atoms. The molecular formula is C22H24N4O3. The minimum absolute atomic E-state index is 0.0306. The number of hydrogen-bond acceptors (Lipinski definition) is 3. The van der Waals surface area contributed by atoms with Gasteiger partial charge in [0.25, 0.3) is 0 Å². The standard InChI is InChI=1S/C22H24N4O3/c1-14-5-7-16(8-6-14)23-22(29)25-18-4-2-3-15-13-26(12-11-17(15)18)21(28)19-9-10-20(27)24-19/h2-8,19H,9-13H2,1H3,(H,24,27)(H2,23,25,29)/t19-/m1/s1. The summed E-state index contributed by atoms with van der Waals surface area (Å²) in [6.45, 7) is 3.04. The highest BCUT2D eigenvalue weighted by Gasteiger charge is 2.32. The average molecular weight is 392 g/mol. The van der Waals surface area contributed by atoms with Gasteiger partial charge in [-0.05, 0) is 49.1 Å². The first-order chi connectivity index (χ1) is 14.0. The molecule has 2 aromatic rings. The van der Waals surface area contributed by atoms with Crippen LogP contribution in [0.25, 0.3) is 0 Å². The monoisotopic (exact) mass is 392 g/mol. The molecule has 2 aromatic carbocycles. The Balaban J connectivity index is 1.42. The maximum atomic E-state index is 12.7. The highest BCUT2D eigenvalue weighted by molar-refractivity contribution is 6.00. The zero-order chi connectivity index (χ0) is 20.4. The van der Waals surface area contributed by atoms with E-state index in [4.69, 9.17) is 0 Å². The molecule has 3 N–H and O–H groups in total. The van der Waals surface area contributed by atoms with Crippen molar-refractivity contribution in [1.82, 2.24) is 10.2 Å². The molecule has 0 aromatic heterocycles. The van der Waals surface area contributed by atoms with Crippen molar-refractivity contribution in [1.29, 1.82) is 0 Å². The predicted octanol–water partition coefficient (Wildman–Crippen LogP) is 2.80. The highest BCUT2D eigenvalue weighted by atomic mass is 16.2. The third-order valence-corrected chi connectivity index (χ3v) is 5.43. The van der Waals surface area contributed by atoms with Crippen LogP contribution >= 0.6 is 0 Å². The van der Waals surface area contributed by atoms with Gasteiger partial charge in [-0.15, -0.1) is 0 Å². The molecule has 1 saturated heterocycles. The van der Waals surface area contributed by atoms with E-state index < -0.39 is 6.04 Å². The summed E-state index contributed by atoms with van der Waals surface area (Å²) >= 11 is 0. The second-order valence-electron chi connectivity index (χ2n) is 7.56. The second kappa shape index (κ2) is 7.95. The molecule has 0 spiro atoms. The number of rotatable bonds is 3. The van der Waals surface area contributed by atoms with Crippen molar-refractivity contribution < 1.29 is 14.4 Å². The summed E-state index contributed by atoms with van der Waals surface area (Å²) in [4.78, 5) is 38.3. The molecule has 0 radical (unpaired) electrons. The number of carbonyl (C=O) groups excluding carboxylic acids is 3. The van der Waals surface area contributed by atoms with Crippen LogP contribution in [0.2, 0.25) is 0 Å². The van der Waals surface area contributed by atoms with E-state index in [1.54, 1.807) is 4.90 Å². The van der Waals surface area contributed by atoms with Gasteiger partial charge in [-0.25, -0.2) is 4.79 Å². The Morgan fingerprint density at radius 3 is 2.59 bits per heavy atom. The van der Waals surface area contributed by atoms with E-state index in [9.17, 15) is 14.4 Å².